The summed E-state index contributed by atoms with van der Waals surface area (Å²) >= 11 is 1.49. The van der Waals surface area contributed by atoms with Crippen LogP contribution in [0, 0.1) is 0 Å². The molecule has 6 nitrogen and oxygen atoms in total. The third kappa shape index (κ3) is 2.86. The summed E-state index contributed by atoms with van der Waals surface area (Å²) in [6, 6.07) is 2.09. The van der Waals surface area contributed by atoms with E-state index in [0.717, 1.165) is 23.6 Å². The molecule has 0 aliphatic carbocycles. The molecular formula is C10H15N5OS. The smallest absolute Gasteiger partial charge is 0.277 e. The van der Waals surface area contributed by atoms with E-state index in [2.05, 4.69) is 28.3 Å². The van der Waals surface area contributed by atoms with Gasteiger partial charge in [-0.3, -0.25) is 4.68 Å². The Hall–Kier alpha value is -1.34. The Morgan fingerprint density at radius 3 is 2.88 bits per heavy atom. The Kier molecular flexibility index (Phi) is 3.80. The van der Waals surface area contributed by atoms with Crippen LogP contribution in [0.1, 0.15) is 24.2 Å². The van der Waals surface area contributed by atoms with Gasteiger partial charge in [0, 0.05) is 18.5 Å². The lowest BCUT2D eigenvalue weighted by atomic mass is 10.3. The van der Waals surface area contributed by atoms with Gasteiger partial charge in [0.2, 0.25) is 5.89 Å². The zero-order chi connectivity index (χ0) is 12.3. The average Bonchev–Trinajstić information content (AvgIpc) is 2.93. The van der Waals surface area contributed by atoms with E-state index in [9.17, 15) is 0 Å². The highest BCUT2D eigenvalue weighted by molar-refractivity contribution is 7.98. The molecule has 0 aromatic carbocycles. The maximum atomic E-state index is 5.40. The predicted molar refractivity (Wildman–Crippen MR) is 64.3 cm³/mol. The fourth-order valence-electron chi connectivity index (χ4n) is 1.39. The lowest BCUT2D eigenvalue weighted by molar-refractivity contribution is 0.414. The number of nitrogens with zero attached hydrogens (tertiary/aromatic N) is 4. The summed E-state index contributed by atoms with van der Waals surface area (Å²) in [5.74, 6) is 1.22. The van der Waals surface area contributed by atoms with Gasteiger partial charge in [0.25, 0.3) is 5.22 Å². The van der Waals surface area contributed by atoms with E-state index < -0.39 is 0 Å². The summed E-state index contributed by atoms with van der Waals surface area (Å²) in [4.78, 5) is 0. The number of aryl methyl sites for hydroxylation is 2. The first-order valence-electron chi connectivity index (χ1n) is 5.40. The van der Waals surface area contributed by atoms with E-state index in [-0.39, 0.29) is 6.54 Å². The Morgan fingerprint density at radius 1 is 1.47 bits per heavy atom. The normalized spacial score (nSPS) is 11.0. The van der Waals surface area contributed by atoms with Crippen molar-refractivity contribution in [2.24, 2.45) is 12.8 Å². The summed E-state index contributed by atoms with van der Waals surface area (Å²) in [7, 11) is 1.94. The molecule has 0 aliphatic heterocycles. The van der Waals surface area contributed by atoms with E-state index >= 15 is 0 Å². The third-order valence-corrected chi connectivity index (χ3v) is 3.21. The summed E-state index contributed by atoms with van der Waals surface area (Å²) < 4.78 is 7.19. The van der Waals surface area contributed by atoms with Crippen LogP contribution in [0.2, 0.25) is 0 Å². The van der Waals surface area contributed by atoms with Gasteiger partial charge in [-0.2, -0.15) is 5.10 Å². The predicted octanol–water partition coefficient (Wildman–Crippen LogP) is 1.12. The van der Waals surface area contributed by atoms with Crippen LogP contribution in [0.4, 0.5) is 0 Å². The highest BCUT2D eigenvalue weighted by Crippen LogP contribution is 2.21. The van der Waals surface area contributed by atoms with Crippen molar-refractivity contribution in [1.82, 2.24) is 20.0 Å². The van der Waals surface area contributed by atoms with Gasteiger partial charge in [-0.05, 0) is 12.5 Å². The van der Waals surface area contributed by atoms with Gasteiger partial charge in [0.15, 0.2) is 0 Å². The Balaban J connectivity index is 1.99. The largest absolute Gasteiger partial charge is 0.415 e. The van der Waals surface area contributed by atoms with Crippen LogP contribution in [-0.2, 0) is 25.8 Å². The molecule has 0 fully saturated rings. The molecule has 0 atom stereocenters. The van der Waals surface area contributed by atoms with Crippen LogP contribution in [-0.4, -0.2) is 20.0 Å². The van der Waals surface area contributed by atoms with Crippen molar-refractivity contribution >= 4 is 11.8 Å². The van der Waals surface area contributed by atoms with E-state index in [0.29, 0.717) is 11.1 Å². The highest BCUT2D eigenvalue weighted by atomic mass is 32.2. The second-order valence-electron chi connectivity index (χ2n) is 3.56. The number of aromatic nitrogens is 4. The third-order valence-electron chi connectivity index (χ3n) is 2.36. The van der Waals surface area contributed by atoms with Crippen LogP contribution >= 0.6 is 11.8 Å². The van der Waals surface area contributed by atoms with E-state index in [1.807, 2.05) is 11.7 Å². The quantitative estimate of drug-likeness (QED) is 0.804. The molecule has 0 amide bonds. The van der Waals surface area contributed by atoms with E-state index in [1.54, 1.807) is 0 Å². The van der Waals surface area contributed by atoms with Gasteiger partial charge in [-0.15, -0.1) is 10.2 Å². The SMILES string of the molecule is CCc1cc(CSc2nnc(CN)o2)n(C)n1. The van der Waals surface area contributed by atoms with Crippen molar-refractivity contribution in [3.63, 3.8) is 0 Å². The van der Waals surface area contributed by atoms with Crippen LogP contribution in [0.3, 0.4) is 0 Å². The van der Waals surface area contributed by atoms with Gasteiger partial charge >= 0.3 is 0 Å². The van der Waals surface area contributed by atoms with Crippen LogP contribution in [0.5, 0.6) is 0 Å². The van der Waals surface area contributed by atoms with Gasteiger partial charge in [0.05, 0.1) is 12.2 Å². The summed E-state index contributed by atoms with van der Waals surface area (Å²) in [5, 5.41) is 12.6. The van der Waals surface area contributed by atoms with Crippen molar-refractivity contribution in [3.05, 3.63) is 23.3 Å². The fraction of sp³-hybridized carbons (Fsp3) is 0.500. The summed E-state index contributed by atoms with van der Waals surface area (Å²) in [6.07, 6.45) is 0.941. The zero-order valence-corrected chi connectivity index (χ0v) is 10.7. The number of nitrogens with two attached hydrogens (primary N) is 1. The second kappa shape index (κ2) is 5.33. The molecule has 0 saturated carbocycles. The molecule has 2 heterocycles. The first-order chi connectivity index (χ1) is 8.22. The van der Waals surface area contributed by atoms with Gasteiger partial charge in [0.1, 0.15) is 0 Å². The zero-order valence-electron chi connectivity index (χ0n) is 9.88. The van der Waals surface area contributed by atoms with Crippen LogP contribution in [0.15, 0.2) is 15.7 Å². The topological polar surface area (TPSA) is 82.8 Å². The first-order valence-corrected chi connectivity index (χ1v) is 6.38. The first kappa shape index (κ1) is 12.1. The van der Waals surface area contributed by atoms with Crippen molar-refractivity contribution in [2.45, 2.75) is 30.9 Å². The molecule has 0 aliphatic rings. The van der Waals surface area contributed by atoms with Crippen molar-refractivity contribution in [1.29, 1.82) is 0 Å². The lowest BCUT2D eigenvalue weighted by Crippen LogP contribution is -1.96. The Labute approximate surface area is 104 Å². The molecule has 0 unspecified atom stereocenters. The molecule has 17 heavy (non-hydrogen) atoms. The monoisotopic (exact) mass is 253 g/mol. The molecular weight excluding hydrogens is 238 g/mol. The fourth-order valence-corrected chi connectivity index (χ4v) is 2.19. The molecule has 2 aromatic rings. The minimum absolute atomic E-state index is 0.277. The van der Waals surface area contributed by atoms with Gasteiger partial charge in [-0.25, -0.2) is 0 Å². The maximum absolute atomic E-state index is 5.40. The molecule has 0 saturated heterocycles. The van der Waals surface area contributed by atoms with Crippen molar-refractivity contribution in [3.8, 4) is 0 Å². The second-order valence-corrected chi connectivity index (χ2v) is 4.49. The van der Waals surface area contributed by atoms with Crippen molar-refractivity contribution < 1.29 is 4.42 Å². The van der Waals surface area contributed by atoms with Gasteiger partial charge < -0.3 is 10.2 Å². The molecule has 2 aromatic heterocycles. The highest BCUT2D eigenvalue weighted by Gasteiger charge is 2.08. The standard InChI is InChI=1S/C10H15N5OS/c1-3-7-4-8(15(2)14-7)6-17-10-13-12-9(5-11)16-10/h4H,3,5-6,11H2,1-2H3. The minimum atomic E-state index is 0.277. The van der Waals surface area contributed by atoms with Gasteiger partial charge in [-0.1, -0.05) is 18.7 Å². The molecule has 0 spiro atoms. The minimum Gasteiger partial charge on any atom is -0.415 e. The molecule has 0 bridgehead atoms. The molecule has 7 heteroatoms. The number of hydrogen-bond acceptors (Lipinski definition) is 6. The Morgan fingerprint density at radius 2 is 2.29 bits per heavy atom. The molecule has 92 valence electrons. The van der Waals surface area contributed by atoms with E-state index in [4.69, 9.17) is 10.2 Å². The molecule has 0 radical (unpaired) electrons. The lowest BCUT2D eigenvalue weighted by Gasteiger charge is -1.97. The van der Waals surface area contributed by atoms with Crippen LogP contribution < -0.4 is 5.73 Å². The van der Waals surface area contributed by atoms with Crippen LogP contribution in [0.25, 0.3) is 0 Å². The molecule has 2 N–H and O–H groups in total. The average molecular weight is 253 g/mol. The van der Waals surface area contributed by atoms with E-state index in [1.165, 1.54) is 11.8 Å². The number of hydrogen-bond donors (Lipinski definition) is 1. The Bertz CT molecular complexity index is 493. The molecule has 2 rings (SSSR count). The maximum Gasteiger partial charge on any atom is 0.277 e. The number of rotatable bonds is 5. The summed E-state index contributed by atoms with van der Waals surface area (Å²) in [6.45, 7) is 2.37. The van der Waals surface area contributed by atoms with Crippen molar-refractivity contribution in [2.75, 3.05) is 0 Å². The number of thioether (sulfide) groups is 1. The summed E-state index contributed by atoms with van der Waals surface area (Å²) in [5.41, 5.74) is 7.63.